The molecule has 3 aliphatic rings. The van der Waals surface area contributed by atoms with Gasteiger partial charge in [-0.3, -0.25) is 14.4 Å². The summed E-state index contributed by atoms with van der Waals surface area (Å²) in [5.41, 5.74) is -1.03. The lowest BCUT2D eigenvalue weighted by atomic mass is 9.70. The fourth-order valence-corrected chi connectivity index (χ4v) is 5.07. The molecule has 3 heterocycles. The van der Waals surface area contributed by atoms with Crippen molar-refractivity contribution in [3.63, 3.8) is 0 Å². The van der Waals surface area contributed by atoms with Crippen LogP contribution in [0.4, 0.5) is 0 Å². The van der Waals surface area contributed by atoms with Crippen LogP contribution in [0, 0.1) is 11.8 Å². The van der Waals surface area contributed by atoms with Crippen molar-refractivity contribution in [2.24, 2.45) is 11.8 Å². The predicted molar refractivity (Wildman–Crippen MR) is 95.5 cm³/mol. The van der Waals surface area contributed by atoms with Crippen molar-refractivity contribution in [1.29, 1.82) is 0 Å². The second-order valence-corrected chi connectivity index (χ2v) is 7.96. The number of rotatable bonds is 7. The molecule has 2 unspecified atom stereocenters. The average molecular weight is 382 g/mol. The molecule has 0 radical (unpaired) electrons. The second-order valence-electron chi connectivity index (χ2n) is 7.96. The first-order valence-corrected chi connectivity index (χ1v) is 9.90. The van der Waals surface area contributed by atoms with E-state index < -0.39 is 41.6 Å². The molecule has 0 saturated carbocycles. The summed E-state index contributed by atoms with van der Waals surface area (Å²) < 4.78 is 11.4. The van der Waals surface area contributed by atoms with Crippen molar-refractivity contribution < 1.29 is 29.0 Å². The van der Waals surface area contributed by atoms with E-state index in [1.807, 2.05) is 20.8 Å². The number of aliphatic hydroxyl groups excluding tert-OH is 1. The summed E-state index contributed by atoms with van der Waals surface area (Å²) in [6, 6.07) is -1.44. The second kappa shape index (κ2) is 7.39. The minimum atomic E-state index is -1.03. The Labute approximate surface area is 159 Å². The highest BCUT2D eigenvalue weighted by Gasteiger charge is 2.75. The molecule has 8 heteroatoms. The molecule has 2 amide bonds. The number of carbonyl (C=O) groups excluding carboxylic acids is 3. The van der Waals surface area contributed by atoms with Crippen LogP contribution in [0.5, 0.6) is 0 Å². The molecule has 8 nitrogen and oxygen atoms in total. The summed E-state index contributed by atoms with van der Waals surface area (Å²) in [7, 11) is 0. The predicted octanol–water partition coefficient (Wildman–Crippen LogP) is 0.220. The van der Waals surface area contributed by atoms with Gasteiger partial charge in [0.1, 0.15) is 11.6 Å². The normalized spacial score (nSPS) is 35.5. The van der Waals surface area contributed by atoms with Gasteiger partial charge >= 0.3 is 5.97 Å². The van der Waals surface area contributed by atoms with Gasteiger partial charge in [-0.25, -0.2) is 0 Å². The van der Waals surface area contributed by atoms with Crippen LogP contribution in [0.2, 0.25) is 0 Å². The van der Waals surface area contributed by atoms with E-state index in [4.69, 9.17) is 9.47 Å². The number of likely N-dealkylation sites (tertiary alicyclic amines) is 1. The molecule has 152 valence electrons. The molecule has 3 fully saturated rings. The van der Waals surface area contributed by atoms with E-state index in [1.165, 1.54) is 4.90 Å². The van der Waals surface area contributed by atoms with Crippen LogP contribution < -0.4 is 5.32 Å². The molecular weight excluding hydrogens is 352 g/mol. The Hall–Kier alpha value is -1.67. The summed E-state index contributed by atoms with van der Waals surface area (Å²) >= 11 is 0. The van der Waals surface area contributed by atoms with Gasteiger partial charge in [0.05, 0.1) is 37.2 Å². The van der Waals surface area contributed by atoms with Gasteiger partial charge in [0.2, 0.25) is 11.8 Å². The zero-order valence-electron chi connectivity index (χ0n) is 16.4. The molecule has 1 spiro atoms. The highest BCUT2D eigenvalue weighted by molar-refractivity contribution is 5.98. The zero-order valence-corrected chi connectivity index (χ0v) is 16.4. The van der Waals surface area contributed by atoms with Crippen LogP contribution in [-0.2, 0) is 23.9 Å². The Morgan fingerprint density at radius 2 is 2.11 bits per heavy atom. The number of fused-ring (bicyclic) bond motifs is 1. The lowest BCUT2D eigenvalue weighted by Gasteiger charge is -2.36. The fraction of sp³-hybridized carbons (Fsp3) is 0.842. The van der Waals surface area contributed by atoms with E-state index in [9.17, 15) is 19.5 Å². The van der Waals surface area contributed by atoms with Gasteiger partial charge in [-0.05, 0) is 40.0 Å². The van der Waals surface area contributed by atoms with Crippen molar-refractivity contribution in [2.45, 2.75) is 76.8 Å². The smallest absolute Gasteiger partial charge is 0.312 e. The van der Waals surface area contributed by atoms with Gasteiger partial charge in [-0.15, -0.1) is 0 Å². The fourth-order valence-electron chi connectivity index (χ4n) is 5.07. The Morgan fingerprint density at radius 1 is 1.41 bits per heavy atom. The van der Waals surface area contributed by atoms with Crippen molar-refractivity contribution in [2.75, 3.05) is 13.2 Å². The van der Waals surface area contributed by atoms with E-state index in [0.29, 0.717) is 19.3 Å². The van der Waals surface area contributed by atoms with E-state index in [-0.39, 0.29) is 31.1 Å². The summed E-state index contributed by atoms with van der Waals surface area (Å²) in [5, 5.41) is 12.7. The van der Waals surface area contributed by atoms with Crippen molar-refractivity contribution in [3.8, 4) is 0 Å². The van der Waals surface area contributed by atoms with Crippen LogP contribution in [0.3, 0.4) is 0 Å². The largest absolute Gasteiger partial charge is 0.466 e. The Morgan fingerprint density at radius 3 is 2.67 bits per heavy atom. The number of esters is 1. The lowest BCUT2D eigenvalue weighted by molar-refractivity contribution is -0.155. The number of hydrogen-bond donors (Lipinski definition) is 2. The molecule has 3 saturated heterocycles. The van der Waals surface area contributed by atoms with Gasteiger partial charge in [-0.2, -0.15) is 0 Å². The first-order chi connectivity index (χ1) is 12.8. The molecule has 3 rings (SSSR count). The number of aliphatic hydroxyl groups is 1. The number of amides is 2. The maximum Gasteiger partial charge on any atom is 0.312 e. The van der Waals surface area contributed by atoms with Gasteiger partial charge in [-0.1, -0.05) is 6.92 Å². The standard InChI is InChI=1S/C19H30N2O6/c1-5-11(9-22)21-15(16(23)20-10(3)4)19-8-7-12(27-19)13(14(19)17(21)24)18(25)26-6-2/h10-15,22H,5-9H2,1-4H3,(H,20,23)/t11-,12-,13+,14-,15?,19?/m0/s1. The van der Waals surface area contributed by atoms with Crippen molar-refractivity contribution in [1.82, 2.24) is 10.2 Å². The quantitative estimate of drug-likeness (QED) is 0.610. The molecule has 0 aromatic carbocycles. The number of hydrogen-bond acceptors (Lipinski definition) is 6. The molecule has 0 aromatic heterocycles. The molecule has 3 aliphatic heterocycles. The number of ether oxygens (including phenoxy) is 2. The van der Waals surface area contributed by atoms with Gasteiger partial charge in [0, 0.05) is 6.04 Å². The summed E-state index contributed by atoms with van der Waals surface area (Å²) in [6.07, 6.45) is 1.26. The third-order valence-corrected chi connectivity index (χ3v) is 6.05. The first-order valence-electron chi connectivity index (χ1n) is 9.90. The summed E-state index contributed by atoms with van der Waals surface area (Å²) in [4.78, 5) is 40.5. The van der Waals surface area contributed by atoms with Crippen LogP contribution in [0.15, 0.2) is 0 Å². The molecule has 2 bridgehead atoms. The van der Waals surface area contributed by atoms with Crippen molar-refractivity contribution in [3.05, 3.63) is 0 Å². The van der Waals surface area contributed by atoms with Gasteiger partial charge in [0.15, 0.2) is 0 Å². The maximum atomic E-state index is 13.4. The third-order valence-electron chi connectivity index (χ3n) is 6.05. The highest BCUT2D eigenvalue weighted by atomic mass is 16.6. The van der Waals surface area contributed by atoms with Crippen molar-refractivity contribution >= 4 is 17.8 Å². The number of nitrogens with zero attached hydrogens (tertiary/aromatic N) is 1. The minimum absolute atomic E-state index is 0.0986. The van der Waals surface area contributed by atoms with Crippen LogP contribution in [0.1, 0.15) is 47.0 Å². The van der Waals surface area contributed by atoms with Crippen LogP contribution in [0.25, 0.3) is 0 Å². The Kier molecular flexibility index (Phi) is 5.49. The summed E-state index contributed by atoms with van der Waals surface area (Å²) in [6.45, 7) is 7.27. The SMILES string of the molecule is CCOC(=O)[C@@H]1[C@@H]2CCC3(O2)C(C(=O)NC(C)C)N([C@@H](CC)CO)C(=O)[C@H]13. The van der Waals surface area contributed by atoms with Gasteiger partial charge < -0.3 is 24.8 Å². The molecule has 0 aliphatic carbocycles. The zero-order chi connectivity index (χ0) is 19.9. The number of nitrogens with one attached hydrogen (secondary N) is 1. The summed E-state index contributed by atoms with van der Waals surface area (Å²) in [5.74, 6) is -2.46. The Balaban J connectivity index is 2.03. The van der Waals surface area contributed by atoms with Crippen LogP contribution >= 0.6 is 0 Å². The maximum absolute atomic E-state index is 13.4. The molecular formula is C19H30N2O6. The Bertz CT molecular complexity index is 619. The van der Waals surface area contributed by atoms with E-state index in [1.54, 1.807) is 6.92 Å². The lowest BCUT2D eigenvalue weighted by Crippen LogP contribution is -2.58. The number of carbonyl (C=O) groups is 3. The molecule has 0 aromatic rings. The minimum Gasteiger partial charge on any atom is -0.466 e. The molecule has 27 heavy (non-hydrogen) atoms. The molecule has 2 N–H and O–H groups in total. The van der Waals surface area contributed by atoms with E-state index in [2.05, 4.69) is 5.32 Å². The van der Waals surface area contributed by atoms with E-state index in [0.717, 1.165) is 0 Å². The molecule has 6 atom stereocenters. The third kappa shape index (κ3) is 2.93. The average Bonchev–Trinajstić information content (AvgIpc) is 3.24. The topological polar surface area (TPSA) is 105 Å². The van der Waals surface area contributed by atoms with Crippen LogP contribution in [-0.4, -0.2) is 70.8 Å². The van der Waals surface area contributed by atoms with Gasteiger partial charge in [0.25, 0.3) is 0 Å². The highest BCUT2D eigenvalue weighted by Crippen LogP contribution is 2.59. The van der Waals surface area contributed by atoms with E-state index >= 15 is 0 Å². The monoisotopic (exact) mass is 382 g/mol. The first kappa shape index (κ1) is 20.1.